The molecule has 0 bridgehead atoms. The number of urea groups is 1. The first kappa shape index (κ1) is 26.9. The van der Waals surface area contributed by atoms with Crippen LogP contribution in [-0.2, 0) is 9.59 Å². The summed E-state index contributed by atoms with van der Waals surface area (Å²) in [4.78, 5) is 57.9. The minimum Gasteiger partial charge on any atom is -0.341 e. The molecule has 214 valence electrons. The van der Waals surface area contributed by atoms with Gasteiger partial charge in [-0.25, -0.2) is 9.18 Å². The van der Waals surface area contributed by atoms with Crippen molar-refractivity contribution in [2.45, 2.75) is 57.0 Å². The van der Waals surface area contributed by atoms with Gasteiger partial charge in [-0.3, -0.25) is 29.3 Å². The number of carbonyl (C=O) groups is 4. The molecule has 11 heteroatoms. The lowest BCUT2D eigenvalue weighted by molar-refractivity contribution is -0.139. The second-order valence-electron chi connectivity index (χ2n) is 11.7. The number of hydrogen-bond donors (Lipinski definition) is 2. The van der Waals surface area contributed by atoms with E-state index in [1.54, 1.807) is 34.2 Å². The summed E-state index contributed by atoms with van der Waals surface area (Å²) in [6, 6.07) is 8.75. The summed E-state index contributed by atoms with van der Waals surface area (Å²) in [6.45, 7) is 4.10. The maximum absolute atomic E-state index is 14.6. The molecule has 1 saturated carbocycles. The molecule has 3 heterocycles. The number of imide groups is 1. The highest BCUT2D eigenvalue weighted by molar-refractivity contribution is 6.17. The van der Waals surface area contributed by atoms with Gasteiger partial charge in [-0.05, 0) is 73.4 Å². The molecule has 2 aliphatic heterocycles. The summed E-state index contributed by atoms with van der Waals surface area (Å²) in [5, 5.41) is 10.5. The fourth-order valence-corrected chi connectivity index (χ4v) is 6.11. The van der Waals surface area contributed by atoms with E-state index >= 15 is 0 Å². The summed E-state index contributed by atoms with van der Waals surface area (Å²) >= 11 is 0. The Kier molecular flexibility index (Phi) is 6.55. The van der Waals surface area contributed by atoms with Gasteiger partial charge in [-0.1, -0.05) is 19.9 Å². The van der Waals surface area contributed by atoms with Gasteiger partial charge in [0.1, 0.15) is 17.4 Å². The minimum atomic E-state index is -1.12. The van der Waals surface area contributed by atoms with Crippen LogP contribution in [0.4, 0.5) is 14.9 Å². The quantitative estimate of drug-likeness (QED) is 0.445. The molecule has 3 aliphatic rings. The molecule has 1 atom stereocenters. The molecule has 1 aliphatic carbocycles. The number of likely N-dealkylation sites (N-methyl/N-ethyl adjacent to an activating group) is 1. The third kappa shape index (κ3) is 4.53. The smallest absolute Gasteiger partial charge is 0.331 e. The van der Waals surface area contributed by atoms with Gasteiger partial charge in [0.25, 0.3) is 11.8 Å². The van der Waals surface area contributed by atoms with Crippen molar-refractivity contribution in [2.24, 2.45) is 5.92 Å². The number of likely N-dealkylation sites (tertiary alicyclic amines) is 1. The van der Waals surface area contributed by atoms with Gasteiger partial charge in [-0.2, -0.15) is 5.10 Å². The van der Waals surface area contributed by atoms with E-state index in [1.165, 1.54) is 13.1 Å². The van der Waals surface area contributed by atoms with Gasteiger partial charge >= 0.3 is 6.03 Å². The first-order chi connectivity index (χ1) is 19.6. The van der Waals surface area contributed by atoms with Crippen molar-refractivity contribution in [3.05, 3.63) is 59.5 Å². The standard InChI is InChI=1S/C30H33FN6O4/c1-17(2)25(33-26(38)22-15-19(18-4-5-18)6-8-23(22)31)27(39)36-12-10-30(11-13-36)28(40)35(3)29(41)37(30)21-7-9-24-20(14-21)16-32-34-24/h6-9,14-18,25H,4-5,10-13H2,1-3H3,(H,32,34)(H,33,38). The Balaban J connectivity index is 1.20. The monoisotopic (exact) mass is 560 g/mol. The largest absolute Gasteiger partial charge is 0.341 e. The van der Waals surface area contributed by atoms with E-state index in [-0.39, 0.29) is 49.2 Å². The number of halogens is 1. The van der Waals surface area contributed by atoms with Crippen LogP contribution in [0, 0.1) is 11.7 Å². The van der Waals surface area contributed by atoms with Crippen molar-refractivity contribution in [3.63, 3.8) is 0 Å². The minimum absolute atomic E-state index is 0.0613. The fraction of sp³-hybridized carbons (Fsp3) is 0.433. The second kappa shape index (κ2) is 9.97. The Morgan fingerprint density at radius 3 is 2.51 bits per heavy atom. The summed E-state index contributed by atoms with van der Waals surface area (Å²) in [5.41, 5.74) is 1.15. The summed E-state index contributed by atoms with van der Waals surface area (Å²) in [7, 11) is 1.47. The van der Waals surface area contributed by atoms with Crippen LogP contribution in [0.3, 0.4) is 0 Å². The number of fused-ring (bicyclic) bond motifs is 1. The molecule has 1 unspecified atom stereocenters. The van der Waals surface area contributed by atoms with Gasteiger partial charge in [0, 0.05) is 31.2 Å². The van der Waals surface area contributed by atoms with E-state index < -0.39 is 29.3 Å². The zero-order chi connectivity index (χ0) is 29.1. The van der Waals surface area contributed by atoms with Crippen LogP contribution < -0.4 is 10.2 Å². The molecular weight excluding hydrogens is 527 g/mol. The second-order valence-corrected chi connectivity index (χ2v) is 11.7. The molecule has 1 aromatic heterocycles. The number of aromatic nitrogens is 2. The first-order valence-corrected chi connectivity index (χ1v) is 14.1. The number of rotatable bonds is 6. The molecule has 3 fully saturated rings. The number of aromatic amines is 1. The average molecular weight is 561 g/mol. The van der Waals surface area contributed by atoms with E-state index in [0.29, 0.717) is 11.6 Å². The van der Waals surface area contributed by atoms with E-state index in [0.717, 1.165) is 34.2 Å². The highest BCUT2D eigenvalue weighted by atomic mass is 19.1. The average Bonchev–Trinajstić information content (AvgIpc) is 3.68. The normalized spacial score (nSPS) is 19.5. The van der Waals surface area contributed by atoms with Crippen LogP contribution in [0.15, 0.2) is 42.6 Å². The van der Waals surface area contributed by atoms with Crippen molar-refractivity contribution in [3.8, 4) is 0 Å². The first-order valence-electron chi connectivity index (χ1n) is 14.1. The highest BCUT2D eigenvalue weighted by Crippen LogP contribution is 2.42. The maximum Gasteiger partial charge on any atom is 0.331 e. The van der Waals surface area contributed by atoms with Crippen LogP contribution in [0.5, 0.6) is 0 Å². The third-order valence-electron chi connectivity index (χ3n) is 8.70. The van der Waals surface area contributed by atoms with Crippen molar-refractivity contribution in [1.82, 2.24) is 25.3 Å². The van der Waals surface area contributed by atoms with E-state index in [2.05, 4.69) is 15.5 Å². The van der Waals surface area contributed by atoms with Crippen molar-refractivity contribution < 1.29 is 23.6 Å². The van der Waals surface area contributed by atoms with Crippen LogP contribution >= 0.6 is 0 Å². The van der Waals surface area contributed by atoms with Crippen LogP contribution in [0.25, 0.3) is 10.9 Å². The van der Waals surface area contributed by atoms with Gasteiger partial charge in [0.15, 0.2) is 0 Å². The molecule has 41 heavy (non-hydrogen) atoms. The number of carbonyl (C=O) groups excluding carboxylic acids is 4. The van der Waals surface area contributed by atoms with Gasteiger partial charge < -0.3 is 10.2 Å². The Morgan fingerprint density at radius 1 is 1.10 bits per heavy atom. The van der Waals surface area contributed by atoms with Crippen LogP contribution in [0.1, 0.15) is 61.4 Å². The number of nitrogens with one attached hydrogen (secondary N) is 2. The molecular formula is C30H33FN6O4. The summed E-state index contributed by atoms with van der Waals surface area (Å²) in [6.07, 6.45) is 4.19. The van der Waals surface area contributed by atoms with Gasteiger partial charge in [0.05, 0.1) is 17.3 Å². The fourth-order valence-electron chi connectivity index (χ4n) is 6.11. The Labute approximate surface area is 236 Å². The zero-order valence-corrected chi connectivity index (χ0v) is 23.3. The third-order valence-corrected chi connectivity index (χ3v) is 8.70. The Morgan fingerprint density at radius 2 is 1.83 bits per heavy atom. The van der Waals surface area contributed by atoms with E-state index in [1.807, 2.05) is 26.0 Å². The topological polar surface area (TPSA) is 119 Å². The lowest BCUT2D eigenvalue weighted by Gasteiger charge is -2.43. The predicted octanol–water partition coefficient (Wildman–Crippen LogP) is 3.79. The number of anilines is 1. The highest BCUT2D eigenvalue weighted by Gasteiger charge is 2.58. The number of benzene rings is 2. The molecule has 0 radical (unpaired) electrons. The Bertz CT molecular complexity index is 1560. The molecule has 2 saturated heterocycles. The maximum atomic E-state index is 14.6. The molecule has 2 N–H and O–H groups in total. The molecule has 10 nitrogen and oxygen atoms in total. The lowest BCUT2D eigenvalue weighted by Crippen LogP contribution is -2.60. The number of amides is 5. The summed E-state index contributed by atoms with van der Waals surface area (Å²) < 4.78 is 14.6. The van der Waals surface area contributed by atoms with Crippen LogP contribution in [0.2, 0.25) is 0 Å². The van der Waals surface area contributed by atoms with Crippen LogP contribution in [-0.4, -0.2) is 75.5 Å². The van der Waals surface area contributed by atoms with Crippen molar-refractivity contribution in [2.75, 3.05) is 25.0 Å². The van der Waals surface area contributed by atoms with Crippen molar-refractivity contribution in [1.29, 1.82) is 0 Å². The van der Waals surface area contributed by atoms with Gasteiger partial charge in [-0.15, -0.1) is 0 Å². The number of nitrogens with zero attached hydrogens (tertiary/aromatic N) is 4. The van der Waals surface area contributed by atoms with E-state index in [9.17, 15) is 23.6 Å². The van der Waals surface area contributed by atoms with E-state index in [4.69, 9.17) is 0 Å². The zero-order valence-electron chi connectivity index (χ0n) is 23.3. The molecule has 5 amide bonds. The lowest BCUT2D eigenvalue weighted by atomic mass is 9.85. The Hall–Kier alpha value is -4.28. The number of hydrogen-bond acceptors (Lipinski definition) is 5. The van der Waals surface area contributed by atoms with Gasteiger partial charge in [0.2, 0.25) is 5.91 Å². The predicted molar refractivity (Wildman–Crippen MR) is 150 cm³/mol. The molecule has 1 spiro atoms. The number of H-pyrrole nitrogens is 1. The summed E-state index contributed by atoms with van der Waals surface area (Å²) in [5.74, 6) is -1.74. The molecule has 2 aromatic carbocycles. The van der Waals surface area contributed by atoms with Crippen molar-refractivity contribution >= 4 is 40.3 Å². The molecule has 6 rings (SSSR count). The SMILES string of the molecule is CC(C)C(NC(=O)c1cc(C2CC2)ccc1F)C(=O)N1CCC2(CC1)C(=O)N(C)C(=O)N2c1ccc2[nH]ncc2c1. The number of piperidine rings is 1. The molecule has 3 aromatic rings.